The Balaban J connectivity index is 2.07. The molecule has 1 fully saturated rings. The highest BCUT2D eigenvalue weighted by molar-refractivity contribution is 7.99. The van der Waals surface area contributed by atoms with Crippen molar-refractivity contribution < 1.29 is 4.79 Å². The number of rotatable bonds is 4. The number of hydrogen-bond acceptors (Lipinski definition) is 3. The summed E-state index contributed by atoms with van der Waals surface area (Å²) in [5.41, 5.74) is 2.84. The van der Waals surface area contributed by atoms with Crippen LogP contribution in [-0.4, -0.2) is 30.5 Å². The maximum atomic E-state index is 12.3. The molecule has 0 aromatic heterocycles. The van der Waals surface area contributed by atoms with Crippen molar-refractivity contribution in [3.05, 3.63) is 29.3 Å². The van der Waals surface area contributed by atoms with Gasteiger partial charge in [-0.1, -0.05) is 6.42 Å². The molecule has 19 heavy (non-hydrogen) atoms. The van der Waals surface area contributed by atoms with Crippen LogP contribution in [-0.2, 0) is 0 Å². The van der Waals surface area contributed by atoms with Gasteiger partial charge < -0.3 is 10.6 Å². The minimum atomic E-state index is 0.0612. The second-order valence-corrected chi connectivity index (χ2v) is 6.14. The van der Waals surface area contributed by atoms with Gasteiger partial charge in [-0.15, -0.1) is 0 Å². The second-order valence-electron chi connectivity index (χ2n) is 5.06. The molecule has 0 saturated heterocycles. The second kappa shape index (κ2) is 6.33. The van der Waals surface area contributed by atoms with E-state index in [-0.39, 0.29) is 5.91 Å². The molecule has 4 heteroatoms. The van der Waals surface area contributed by atoms with Gasteiger partial charge in [0.15, 0.2) is 0 Å². The molecule has 0 bridgehead atoms. The highest BCUT2D eigenvalue weighted by atomic mass is 32.2. The van der Waals surface area contributed by atoms with E-state index < -0.39 is 0 Å². The molecule has 0 heterocycles. The first-order chi connectivity index (χ1) is 9.15. The fourth-order valence-electron chi connectivity index (χ4n) is 2.69. The van der Waals surface area contributed by atoms with Crippen molar-refractivity contribution in [3.63, 3.8) is 0 Å². The number of carbonyl (C=O) groups excluding carboxylic acids is 1. The Bertz CT molecular complexity index is 461. The van der Waals surface area contributed by atoms with Crippen molar-refractivity contribution in [1.82, 2.24) is 5.32 Å². The molecule has 1 aliphatic rings. The lowest BCUT2D eigenvalue weighted by Gasteiger charge is -2.20. The van der Waals surface area contributed by atoms with Crippen LogP contribution in [0.15, 0.2) is 18.2 Å². The smallest absolute Gasteiger partial charge is 0.251 e. The van der Waals surface area contributed by atoms with Gasteiger partial charge in [0.05, 0.1) is 0 Å². The summed E-state index contributed by atoms with van der Waals surface area (Å²) in [7, 11) is 1.89. The number of benzene rings is 1. The molecule has 2 N–H and O–H groups in total. The fourth-order valence-corrected chi connectivity index (χ4v) is 3.63. The topological polar surface area (TPSA) is 41.1 Å². The molecule has 1 amide bonds. The molecule has 2 unspecified atom stereocenters. The Kier molecular flexibility index (Phi) is 4.75. The standard InChI is InChI=1S/C15H22N2OS/c1-10-9-11(16-2)7-8-12(10)15(18)17-13-5-4-6-14(13)19-3/h7-9,13-14,16H,4-6H2,1-3H3,(H,17,18). The predicted molar refractivity (Wildman–Crippen MR) is 83.1 cm³/mol. The van der Waals surface area contributed by atoms with E-state index in [4.69, 9.17) is 0 Å². The molecule has 3 nitrogen and oxygen atoms in total. The molecule has 0 spiro atoms. The number of thioether (sulfide) groups is 1. The fraction of sp³-hybridized carbons (Fsp3) is 0.533. The van der Waals surface area contributed by atoms with E-state index in [9.17, 15) is 4.79 Å². The van der Waals surface area contributed by atoms with Gasteiger partial charge in [0.2, 0.25) is 0 Å². The third-order valence-electron chi connectivity index (χ3n) is 3.83. The van der Waals surface area contributed by atoms with Crippen LogP contribution in [0.2, 0.25) is 0 Å². The van der Waals surface area contributed by atoms with Crippen molar-refractivity contribution in [2.75, 3.05) is 18.6 Å². The zero-order valence-corrected chi connectivity index (χ0v) is 12.6. The Morgan fingerprint density at radius 1 is 1.37 bits per heavy atom. The third-order valence-corrected chi connectivity index (χ3v) is 5.00. The zero-order valence-electron chi connectivity index (χ0n) is 11.8. The Hall–Kier alpha value is -1.16. The van der Waals surface area contributed by atoms with E-state index in [2.05, 4.69) is 16.9 Å². The molecule has 2 rings (SSSR count). The molecular formula is C15H22N2OS. The lowest BCUT2D eigenvalue weighted by atomic mass is 10.1. The third kappa shape index (κ3) is 3.24. The van der Waals surface area contributed by atoms with E-state index >= 15 is 0 Å². The van der Waals surface area contributed by atoms with Crippen LogP contribution in [0.5, 0.6) is 0 Å². The van der Waals surface area contributed by atoms with Gasteiger partial charge in [0, 0.05) is 29.6 Å². The van der Waals surface area contributed by atoms with Crippen molar-refractivity contribution in [3.8, 4) is 0 Å². The molecule has 0 radical (unpaired) electrons. The van der Waals surface area contributed by atoms with Crippen LogP contribution < -0.4 is 10.6 Å². The van der Waals surface area contributed by atoms with Crippen LogP contribution in [0, 0.1) is 6.92 Å². The first-order valence-electron chi connectivity index (χ1n) is 6.77. The monoisotopic (exact) mass is 278 g/mol. The summed E-state index contributed by atoms with van der Waals surface area (Å²) in [6, 6.07) is 6.18. The summed E-state index contributed by atoms with van der Waals surface area (Å²) in [6.45, 7) is 1.98. The minimum Gasteiger partial charge on any atom is -0.388 e. The minimum absolute atomic E-state index is 0.0612. The Labute approximate surface area is 119 Å². The zero-order chi connectivity index (χ0) is 13.8. The van der Waals surface area contributed by atoms with E-state index in [1.165, 1.54) is 12.8 Å². The summed E-state index contributed by atoms with van der Waals surface area (Å²) < 4.78 is 0. The first-order valence-corrected chi connectivity index (χ1v) is 8.06. The van der Waals surface area contributed by atoms with Crippen molar-refractivity contribution in [2.24, 2.45) is 0 Å². The van der Waals surface area contributed by atoms with Gasteiger partial charge in [-0.2, -0.15) is 11.8 Å². The van der Waals surface area contributed by atoms with Gasteiger partial charge in [-0.3, -0.25) is 4.79 Å². The summed E-state index contributed by atoms with van der Waals surface area (Å²) in [5.74, 6) is 0.0612. The highest BCUT2D eigenvalue weighted by Crippen LogP contribution is 2.28. The predicted octanol–water partition coefficient (Wildman–Crippen LogP) is 3.05. The molecule has 1 aromatic carbocycles. The lowest BCUT2D eigenvalue weighted by molar-refractivity contribution is 0.0938. The summed E-state index contributed by atoms with van der Waals surface area (Å²) >= 11 is 1.86. The Morgan fingerprint density at radius 2 is 2.16 bits per heavy atom. The molecule has 1 aromatic rings. The van der Waals surface area contributed by atoms with Gasteiger partial charge >= 0.3 is 0 Å². The molecular weight excluding hydrogens is 256 g/mol. The molecule has 2 atom stereocenters. The Morgan fingerprint density at radius 3 is 2.79 bits per heavy atom. The summed E-state index contributed by atoms with van der Waals surface area (Å²) in [6.07, 6.45) is 5.66. The average Bonchev–Trinajstić information content (AvgIpc) is 2.85. The molecule has 0 aliphatic heterocycles. The lowest BCUT2D eigenvalue weighted by Crippen LogP contribution is -2.38. The van der Waals surface area contributed by atoms with Crippen LogP contribution >= 0.6 is 11.8 Å². The van der Waals surface area contributed by atoms with Crippen molar-refractivity contribution >= 4 is 23.4 Å². The first kappa shape index (κ1) is 14.3. The number of carbonyl (C=O) groups is 1. The van der Waals surface area contributed by atoms with E-state index in [1.54, 1.807) is 0 Å². The summed E-state index contributed by atoms with van der Waals surface area (Å²) in [5, 5.41) is 6.85. The highest BCUT2D eigenvalue weighted by Gasteiger charge is 2.28. The van der Waals surface area contributed by atoms with Gasteiger partial charge in [-0.05, 0) is 49.8 Å². The average molecular weight is 278 g/mol. The van der Waals surface area contributed by atoms with Crippen LogP contribution in [0.1, 0.15) is 35.2 Å². The number of nitrogens with one attached hydrogen (secondary N) is 2. The molecule has 1 aliphatic carbocycles. The van der Waals surface area contributed by atoms with Crippen LogP contribution in [0.4, 0.5) is 5.69 Å². The quantitative estimate of drug-likeness (QED) is 0.889. The molecule has 1 saturated carbocycles. The largest absolute Gasteiger partial charge is 0.388 e. The van der Waals surface area contributed by atoms with Crippen molar-refractivity contribution in [1.29, 1.82) is 0 Å². The van der Waals surface area contributed by atoms with Crippen LogP contribution in [0.25, 0.3) is 0 Å². The number of hydrogen-bond donors (Lipinski definition) is 2. The van der Waals surface area contributed by atoms with E-state index in [1.807, 2.05) is 43.9 Å². The molecule has 104 valence electrons. The van der Waals surface area contributed by atoms with Crippen molar-refractivity contribution in [2.45, 2.75) is 37.5 Å². The van der Waals surface area contributed by atoms with E-state index in [0.29, 0.717) is 11.3 Å². The van der Waals surface area contributed by atoms with E-state index in [0.717, 1.165) is 23.2 Å². The van der Waals surface area contributed by atoms with Gasteiger partial charge in [0.1, 0.15) is 0 Å². The normalized spacial score (nSPS) is 22.3. The van der Waals surface area contributed by atoms with Gasteiger partial charge in [-0.25, -0.2) is 0 Å². The SMILES string of the molecule is CNc1ccc(C(=O)NC2CCCC2SC)c(C)c1. The number of anilines is 1. The number of amides is 1. The van der Waals surface area contributed by atoms with Gasteiger partial charge in [0.25, 0.3) is 5.91 Å². The number of aryl methyl sites for hydroxylation is 1. The van der Waals surface area contributed by atoms with Crippen LogP contribution in [0.3, 0.4) is 0 Å². The maximum absolute atomic E-state index is 12.3. The summed E-state index contributed by atoms with van der Waals surface area (Å²) in [4.78, 5) is 12.3. The maximum Gasteiger partial charge on any atom is 0.251 e.